The molecule has 19 heavy (non-hydrogen) atoms. The quantitative estimate of drug-likeness (QED) is 0.756. The van der Waals surface area contributed by atoms with Gasteiger partial charge in [-0.25, -0.2) is 0 Å². The average molecular weight is 265 g/mol. The molecular weight excluding hydrogens is 234 g/mol. The highest BCUT2D eigenvalue weighted by atomic mass is 16.2. The highest BCUT2D eigenvalue weighted by Crippen LogP contribution is 2.68. The Hall–Kier alpha value is -0.530. The number of carbonyl (C=O) groups excluding carboxylic acids is 1. The van der Waals surface area contributed by atoms with Crippen LogP contribution in [0.25, 0.3) is 0 Å². The van der Waals surface area contributed by atoms with Gasteiger partial charge < -0.3 is 4.90 Å². The number of likely N-dealkylation sites (tertiary alicyclic amines) is 1. The lowest BCUT2D eigenvalue weighted by atomic mass is 9.81. The van der Waals surface area contributed by atoms with Crippen LogP contribution >= 0.6 is 0 Å². The molecule has 0 aromatic carbocycles. The molecule has 2 heteroatoms. The molecule has 0 N–H and O–H groups in total. The first kappa shape index (κ1) is 14.9. The first-order chi connectivity index (χ1) is 8.72. The van der Waals surface area contributed by atoms with Gasteiger partial charge in [-0.05, 0) is 42.4 Å². The molecule has 2 rings (SSSR count). The van der Waals surface area contributed by atoms with Crippen molar-refractivity contribution in [3.8, 4) is 0 Å². The summed E-state index contributed by atoms with van der Waals surface area (Å²) in [4.78, 5) is 15.1. The molecule has 1 unspecified atom stereocenters. The van der Waals surface area contributed by atoms with Crippen molar-refractivity contribution in [3.63, 3.8) is 0 Å². The van der Waals surface area contributed by atoms with Crippen molar-refractivity contribution in [2.24, 2.45) is 28.6 Å². The minimum absolute atomic E-state index is 0.0718. The Morgan fingerprint density at radius 3 is 1.89 bits per heavy atom. The standard InChI is InChI=1S/C17H31NO/c1-12(2)14-7-9-18(10-8-14)15(19)17(13(3)4)11-16(17,5)6/h12-14H,7-11H2,1-6H3. The van der Waals surface area contributed by atoms with Gasteiger partial charge in [-0.1, -0.05) is 41.5 Å². The molecule has 2 fully saturated rings. The van der Waals surface area contributed by atoms with Crippen molar-refractivity contribution < 1.29 is 4.79 Å². The van der Waals surface area contributed by atoms with E-state index in [1.165, 1.54) is 12.8 Å². The summed E-state index contributed by atoms with van der Waals surface area (Å²) >= 11 is 0. The topological polar surface area (TPSA) is 20.3 Å². The molecule has 2 nitrogen and oxygen atoms in total. The smallest absolute Gasteiger partial charge is 0.229 e. The number of hydrogen-bond acceptors (Lipinski definition) is 1. The number of carbonyl (C=O) groups is 1. The van der Waals surface area contributed by atoms with E-state index in [1.54, 1.807) is 0 Å². The largest absolute Gasteiger partial charge is 0.342 e. The number of piperidine rings is 1. The molecule has 0 aromatic rings. The van der Waals surface area contributed by atoms with Crippen LogP contribution in [0.5, 0.6) is 0 Å². The van der Waals surface area contributed by atoms with Crippen LogP contribution in [0.2, 0.25) is 0 Å². The maximum absolute atomic E-state index is 12.9. The Bertz CT molecular complexity index is 350. The fourth-order valence-corrected chi connectivity index (χ4v) is 4.30. The zero-order chi connectivity index (χ0) is 14.4. The van der Waals surface area contributed by atoms with E-state index in [-0.39, 0.29) is 10.8 Å². The van der Waals surface area contributed by atoms with Gasteiger partial charge in [-0.2, -0.15) is 0 Å². The van der Waals surface area contributed by atoms with Crippen LogP contribution in [0.1, 0.15) is 60.8 Å². The van der Waals surface area contributed by atoms with E-state index < -0.39 is 0 Å². The molecule has 0 aromatic heterocycles. The molecule has 2 aliphatic rings. The predicted molar refractivity (Wildman–Crippen MR) is 79.8 cm³/mol. The molecule has 0 bridgehead atoms. The molecule has 0 spiro atoms. The third-order valence-corrected chi connectivity index (χ3v) is 5.94. The Kier molecular flexibility index (Phi) is 3.75. The van der Waals surface area contributed by atoms with Crippen LogP contribution in [0.4, 0.5) is 0 Å². The lowest BCUT2D eigenvalue weighted by Crippen LogP contribution is -2.46. The summed E-state index contributed by atoms with van der Waals surface area (Å²) in [6.45, 7) is 15.5. The van der Waals surface area contributed by atoms with Gasteiger partial charge in [0.15, 0.2) is 0 Å². The third kappa shape index (κ3) is 2.32. The summed E-state index contributed by atoms with van der Waals surface area (Å²) < 4.78 is 0. The SMILES string of the molecule is CC(C)C1CCN(C(=O)C2(C(C)C)CC2(C)C)CC1. The second-order valence-electron chi connectivity index (χ2n) is 8.06. The van der Waals surface area contributed by atoms with Gasteiger partial charge in [0.2, 0.25) is 5.91 Å². The number of hydrogen-bond donors (Lipinski definition) is 0. The maximum atomic E-state index is 12.9. The Balaban J connectivity index is 2.02. The van der Waals surface area contributed by atoms with Crippen LogP contribution in [-0.4, -0.2) is 23.9 Å². The minimum atomic E-state index is -0.0718. The number of amides is 1. The second kappa shape index (κ2) is 4.79. The first-order valence-corrected chi connectivity index (χ1v) is 8.02. The van der Waals surface area contributed by atoms with Crippen molar-refractivity contribution in [2.45, 2.75) is 60.8 Å². The van der Waals surface area contributed by atoms with E-state index in [4.69, 9.17) is 0 Å². The molecule has 1 aliphatic heterocycles. The fourth-order valence-electron chi connectivity index (χ4n) is 4.30. The van der Waals surface area contributed by atoms with Crippen LogP contribution in [0.3, 0.4) is 0 Å². The van der Waals surface area contributed by atoms with E-state index in [1.807, 2.05) is 0 Å². The van der Waals surface area contributed by atoms with Gasteiger partial charge >= 0.3 is 0 Å². The summed E-state index contributed by atoms with van der Waals surface area (Å²) in [6.07, 6.45) is 3.45. The molecule has 0 radical (unpaired) electrons. The first-order valence-electron chi connectivity index (χ1n) is 8.02. The normalized spacial score (nSPS) is 31.1. The average Bonchev–Trinajstić information content (AvgIpc) is 2.93. The molecule has 1 amide bonds. The third-order valence-electron chi connectivity index (χ3n) is 5.94. The van der Waals surface area contributed by atoms with Crippen molar-refractivity contribution in [1.82, 2.24) is 4.90 Å². The van der Waals surface area contributed by atoms with E-state index in [0.717, 1.165) is 31.3 Å². The zero-order valence-corrected chi connectivity index (χ0v) is 13.6. The summed E-state index contributed by atoms with van der Waals surface area (Å²) in [7, 11) is 0. The highest BCUT2D eigenvalue weighted by Gasteiger charge is 2.68. The van der Waals surface area contributed by atoms with Gasteiger partial charge in [0.1, 0.15) is 0 Å². The lowest BCUT2D eigenvalue weighted by Gasteiger charge is -2.38. The van der Waals surface area contributed by atoms with Crippen LogP contribution in [-0.2, 0) is 4.79 Å². The Morgan fingerprint density at radius 1 is 1.11 bits per heavy atom. The van der Waals surface area contributed by atoms with E-state index in [9.17, 15) is 4.79 Å². The van der Waals surface area contributed by atoms with Crippen molar-refractivity contribution in [3.05, 3.63) is 0 Å². The summed E-state index contributed by atoms with van der Waals surface area (Å²) in [5, 5.41) is 0. The van der Waals surface area contributed by atoms with Crippen molar-refractivity contribution >= 4 is 5.91 Å². The van der Waals surface area contributed by atoms with Crippen LogP contribution in [0.15, 0.2) is 0 Å². The summed E-state index contributed by atoms with van der Waals surface area (Å²) in [5.41, 5.74) is 0.130. The number of nitrogens with zero attached hydrogens (tertiary/aromatic N) is 1. The molecule has 1 atom stereocenters. The van der Waals surface area contributed by atoms with Gasteiger partial charge in [0.05, 0.1) is 5.41 Å². The van der Waals surface area contributed by atoms with E-state index >= 15 is 0 Å². The lowest BCUT2D eigenvalue weighted by molar-refractivity contribution is -0.142. The van der Waals surface area contributed by atoms with Crippen LogP contribution < -0.4 is 0 Å². The summed E-state index contributed by atoms with van der Waals surface area (Å²) in [6, 6.07) is 0. The van der Waals surface area contributed by atoms with Crippen molar-refractivity contribution in [1.29, 1.82) is 0 Å². The fraction of sp³-hybridized carbons (Fsp3) is 0.941. The van der Waals surface area contributed by atoms with E-state index in [0.29, 0.717) is 11.8 Å². The summed E-state index contributed by atoms with van der Waals surface area (Å²) in [5.74, 6) is 2.47. The van der Waals surface area contributed by atoms with Gasteiger partial charge in [-0.15, -0.1) is 0 Å². The molecule has 1 saturated heterocycles. The molecule has 110 valence electrons. The maximum Gasteiger partial charge on any atom is 0.229 e. The predicted octanol–water partition coefficient (Wildman–Crippen LogP) is 3.95. The van der Waals surface area contributed by atoms with Gasteiger partial charge in [0.25, 0.3) is 0 Å². The molecular formula is C17H31NO. The van der Waals surface area contributed by atoms with Gasteiger partial charge in [0, 0.05) is 13.1 Å². The van der Waals surface area contributed by atoms with E-state index in [2.05, 4.69) is 46.4 Å². The van der Waals surface area contributed by atoms with Crippen LogP contribution in [0, 0.1) is 28.6 Å². The molecule has 1 heterocycles. The number of rotatable bonds is 3. The Morgan fingerprint density at radius 2 is 1.58 bits per heavy atom. The van der Waals surface area contributed by atoms with Crippen molar-refractivity contribution in [2.75, 3.05) is 13.1 Å². The molecule has 1 aliphatic carbocycles. The second-order valence-corrected chi connectivity index (χ2v) is 8.06. The Labute approximate surface area is 118 Å². The zero-order valence-electron chi connectivity index (χ0n) is 13.6. The molecule has 1 saturated carbocycles. The van der Waals surface area contributed by atoms with Gasteiger partial charge in [-0.3, -0.25) is 4.79 Å². The monoisotopic (exact) mass is 265 g/mol. The highest BCUT2D eigenvalue weighted by molar-refractivity contribution is 5.87. The minimum Gasteiger partial charge on any atom is -0.342 e.